The molecule has 0 spiro atoms. The summed E-state index contributed by atoms with van der Waals surface area (Å²) in [7, 11) is 0. The summed E-state index contributed by atoms with van der Waals surface area (Å²) in [5.74, 6) is -0.590. The van der Waals surface area contributed by atoms with Gasteiger partial charge in [-0.3, -0.25) is 9.59 Å². The maximum atomic E-state index is 12.6. The van der Waals surface area contributed by atoms with Crippen LogP contribution in [0.4, 0.5) is 11.4 Å². The van der Waals surface area contributed by atoms with Gasteiger partial charge in [-0.15, -0.1) is 0 Å². The molecule has 0 bridgehead atoms. The van der Waals surface area contributed by atoms with Crippen LogP contribution in [0.3, 0.4) is 0 Å². The lowest BCUT2D eigenvalue weighted by atomic mass is 10.0. The zero-order valence-corrected chi connectivity index (χ0v) is 14.5. The van der Waals surface area contributed by atoms with E-state index in [9.17, 15) is 9.59 Å². The van der Waals surface area contributed by atoms with Crippen LogP contribution in [0.5, 0.6) is 0 Å². The molecule has 0 aliphatic heterocycles. The fourth-order valence-corrected chi connectivity index (χ4v) is 2.83. The van der Waals surface area contributed by atoms with Crippen molar-refractivity contribution in [3.05, 3.63) is 58.1 Å². The highest BCUT2D eigenvalue weighted by molar-refractivity contribution is 6.31. The zero-order valence-electron chi connectivity index (χ0n) is 13.0. The lowest BCUT2D eigenvalue weighted by Gasteiger charge is -2.16. The Labute approximate surface area is 150 Å². The van der Waals surface area contributed by atoms with E-state index in [2.05, 4.69) is 10.6 Å². The van der Waals surface area contributed by atoms with E-state index < -0.39 is 5.41 Å². The van der Waals surface area contributed by atoms with Crippen molar-refractivity contribution in [1.29, 1.82) is 0 Å². The van der Waals surface area contributed by atoms with Crippen LogP contribution in [0.2, 0.25) is 10.0 Å². The van der Waals surface area contributed by atoms with E-state index in [-0.39, 0.29) is 11.8 Å². The van der Waals surface area contributed by atoms with Crippen LogP contribution in [0.25, 0.3) is 0 Å². The number of nitrogens with one attached hydrogen (secondary N) is 2. The summed E-state index contributed by atoms with van der Waals surface area (Å²) in [6.07, 6.45) is 1.07. The molecule has 1 saturated carbocycles. The number of hydrogen-bond donors (Lipinski definition) is 2. The first-order valence-corrected chi connectivity index (χ1v) is 8.31. The fourth-order valence-electron chi connectivity index (χ4n) is 2.48. The standard InChI is InChI=1S/C18H16Cl2N2O2/c1-11-10-13(20)4-7-15(11)22-17(24)18(8-9-18)16(23)21-14-5-2-12(19)3-6-14/h2-7,10H,8-9H2,1H3,(H,21,23)(H,22,24). The van der Waals surface area contributed by atoms with Crippen molar-refractivity contribution in [2.75, 3.05) is 10.6 Å². The molecule has 1 fully saturated rings. The number of anilines is 2. The molecule has 6 heteroatoms. The van der Waals surface area contributed by atoms with E-state index in [0.717, 1.165) is 5.56 Å². The number of carbonyl (C=O) groups is 2. The molecule has 1 aliphatic rings. The van der Waals surface area contributed by atoms with E-state index in [4.69, 9.17) is 23.2 Å². The summed E-state index contributed by atoms with van der Waals surface area (Å²) in [4.78, 5) is 25.1. The maximum absolute atomic E-state index is 12.6. The highest BCUT2D eigenvalue weighted by Gasteiger charge is 2.56. The normalized spacial score (nSPS) is 14.8. The molecule has 0 unspecified atom stereocenters. The van der Waals surface area contributed by atoms with Gasteiger partial charge in [-0.2, -0.15) is 0 Å². The molecular formula is C18H16Cl2N2O2. The Morgan fingerprint density at radius 3 is 2.08 bits per heavy atom. The van der Waals surface area contributed by atoms with Crippen LogP contribution < -0.4 is 10.6 Å². The highest BCUT2D eigenvalue weighted by atomic mass is 35.5. The van der Waals surface area contributed by atoms with Crippen LogP contribution in [0, 0.1) is 12.3 Å². The van der Waals surface area contributed by atoms with Gasteiger partial charge in [0.15, 0.2) is 0 Å². The predicted octanol–water partition coefficient (Wildman–Crippen LogP) is 4.66. The molecule has 0 saturated heterocycles. The van der Waals surface area contributed by atoms with Gasteiger partial charge in [-0.25, -0.2) is 0 Å². The number of aryl methyl sites for hydroxylation is 1. The zero-order chi connectivity index (χ0) is 17.3. The van der Waals surface area contributed by atoms with Crippen molar-refractivity contribution in [2.24, 2.45) is 5.41 Å². The third kappa shape index (κ3) is 3.40. The van der Waals surface area contributed by atoms with Crippen molar-refractivity contribution in [3.8, 4) is 0 Å². The van der Waals surface area contributed by atoms with E-state index in [1.165, 1.54) is 0 Å². The Bertz CT molecular complexity index is 799. The Hall–Kier alpha value is -2.04. The Kier molecular flexibility index (Phi) is 4.52. The fraction of sp³-hybridized carbons (Fsp3) is 0.222. The van der Waals surface area contributed by atoms with Gasteiger partial charge in [0.2, 0.25) is 11.8 Å². The minimum atomic E-state index is -1.01. The van der Waals surface area contributed by atoms with Crippen LogP contribution in [-0.4, -0.2) is 11.8 Å². The lowest BCUT2D eigenvalue weighted by molar-refractivity contribution is -0.131. The van der Waals surface area contributed by atoms with Crippen LogP contribution in [-0.2, 0) is 9.59 Å². The first kappa shape index (κ1) is 16.8. The minimum absolute atomic E-state index is 0.292. The second-order valence-electron chi connectivity index (χ2n) is 5.96. The maximum Gasteiger partial charge on any atom is 0.240 e. The topological polar surface area (TPSA) is 58.2 Å². The van der Waals surface area contributed by atoms with Gasteiger partial charge in [0.1, 0.15) is 5.41 Å². The third-order valence-electron chi connectivity index (χ3n) is 4.16. The summed E-state index contributed by atoms with van der Waals surface area (Å²) in [5, 5.41) is 6.81. The monoisotopic (exact) mass is 362 g/mol. The average Bonchev–Trinajstić information content (AvgIpc) is 3.34. The molecule has 4 nitrogen and oxygen atoms in total. The van der Waals surface area contributed by atoms with Crippen molar-refractivity contribution in [2.45, 2.75) is 19.8 Å². The molecule has 3 rings (SSSR count). The van der Waals surface area contributed by atoms with E-state index in [1.54, 1.807) is 42.5 Å². The second kappa shape index (κ2) is 6.46. The Balaban J connectivity index is 1.71. The number of hydrogen-bond acceptors (Lipinski definition) is 2. The quantitative estimate of drug-likeness (QED) is 0.777. The van der Waals surface area contributed by atoms with Crippen molar-refractivity contribution < 1.29 is 9.59 Å². The van der Waals surface area contributed by atoms with Gasteiger partial charge in [-0.1, -0.05) is 23.2 Å². The summed E-state index contributed by atoms with van der Waals surface area (Å²) >= 11 is 11.8. The first-order chi connectivity index (χ1) is 11.4. The van der Waals surface area contributed by atoms with E-state index >= 15 is 0 Å². The molecule has 2 aromatic rings. The molecule has 24 heavy (non-hydrogen) atoms. The Morgan fingerprint density at radius 1 is 0.917 bits per heavy atom. The molecule has 0 aromatic heterocycles. The smallest absolute Gasteiger partial charge is 0.240 e. The van der Waals surface area contributed by atoms with Gasteiger partial charge in [0.05, 0.1) is 0 Å². The molecule has 2 N–H and O–H groups in total. The summed E-state index contributed by atoms with van der Waals surface area (Å²) in [6, 6.07) is 12.0. The van der Waals surface area contributed by atoms with Crippen molar-refractivity contribution in [1.82, 2.24) is 0 Å². The first-order valence-electron chi connectivity index (χ1n) is 7.55. The minimum Gasteiger partial charge on any atom is -0.325 e. The molecule has 2 aromatic carbocycles. The third-order valence-corrected chi connectivity index (χ3v) is 4.65. The van der Waals surface area contributed by atoms with Crippen LogP contribution in [0.1, 0.15) is 18.4 Å². The second-order valence-corrected chi connectivity index (χ2v) is 6.83. The van der Waals surface area contributed by atoms with E-state index in [0.29, 0.717) is 34.3 Å². The number of amides is 2. The van der Waals surface area contributed by atoms with Gasteiger partial charge in [0, 0.05) is 21.4 Å². The predicted molar refractivity (Wildman–Crippen MR) is 96.6 cm³/mol. The highest BCUT2D eigenvalue weighted by Crippen LogP contribution is 2.47. The number of halogens is 2. The van der Waals surface area contributed by atoms with Crippen LogP contribution >= 0.6 is 23.2 Å². The number of carbonyl (C=O) groups excluding carboxylic acids is 2. The van der Waals surface area contributed by atoms with Gasteiger partial charge < -0.3 is 10.6 Å². The van der Waals surface area contributed by atoms with E-state index in [1.807, 2.05) is 6.92 Å². The summed E-state index contributed by atoms with van der Waals surface area (Å²) in [5.41, 5.74) is 1.12. The lowest BCUT2D eigenvalue weighted by Crippen LogP contribution is -2.35. The van der Waals surface area contributed by atoms with Gasteiger partial charge in [0.25, 0.3) is 0 Å². The van der Waals surface area contributed by atoms with Gasteiger partial charge in [-0.05, 0) is 67.8 Å². The molecule has 0 atom stereocenters. The summed E-state index contributed by atoms with van der Waals surface area (Å²) in [6.45, 7) is 1.86. The SMILES string of the molecule is Cc1cc(Cl)ccc1NC(=O)C1(C(=O)Nc2ccc(Cl)cc2)CC1. The van der Waals surface area contributed by atoms with Crippen molar-refractivity contribution >= 4 is 46.4 Å². The molecule has 2 amide bonds. The number of benzene rings is 2. The van der Waals surface area contributed by atoms with Crippen molar-refractivity contribution in [3.63, 3.8) is 0 Å². The molecule has 0 heterocycles. The van der Waals surface area contributed by atoms with Gasteiger partial charge >= 0.3 is 0 Å². The van der Waals surface area contributed by atoms with Crippen LogP contribution in [0.15, 0.2) is 42.5 Å². The molecular weight excluding hydrogens is 347 g/mol. The Morgan fingerprint density at radius 2 is 1.50 bits per heavy atom. The molecule has 0 radical (unpaired) electrons. The largest absolute Gasteiger partial charge is 0.325 e. The molecule has 124 valence electrons. The molecule has 1 aliphatic carbocycles. The summed E-state index contributed by atoms with van der Waals surface area (Å²) < 4.78 is 0. The average molecular weight is 363 g/mol. The number of rotatable bonds is 4.